The van der Waals surface area contributed by atoms with Gasteiger partial charge in [-0.1, -0.05) is 26.0 Å². The highest BCUT2D eigenvalue weighted by molar-refractivity contribution is 5.37. The molecule has 96 valence electrons. The van der Waals surface area contributed by atoms with E-state index in [1.165, 1.54) is 5.56 Å². The van der Waals surface area contributed by atoms with Crippen LogP contribution in [0, 0.1) is 6.92 Å². The Morgan fingerprint density at radius 3 is 2.35 bits per heavy atom. The van der Waals surface area contributed by atoms with Gasteiger partial charge in [0.1, 0.15) is 5.75 Å². The molecule has 0 aliphatic heterocycles. The maximum atomic E-state index is 9.33. The van der Waals surface area contributed by atoms with Crippen LogP contribution in [0.1, 0.15) is 51.2 Å². The summed E-state index contributed by atoms with van der Waals surface area (Å²) in [7, 11) is 0. The minimum atomic E-state index is -0.321. The Balaban J connectivity index is 2.79. The van der Waals surface area contributed by atoms with E-state index in [-0.39, 0.29) is 12.2 Å². The van der Waals surface area contributed by atoms with Gasteiger partial charge in [0.15, 0.2) is 0 Å². The Bertz CT molecular complexity index is 356. The first-order valence-electron chi connectivity index (χ1n) is 6.35. The smallest absolute Gasteiger partial charge is 0.122 e. The number of rotatable bonds is 5. The number of aliphatic hydroxyl groups is 1. The zero-order valence-corrected chi connectivity index (χ0v) is 11.5. The summed E-state index contributed by atoms with van der Waals surface area (Å²) in [6.45, 7) is 10.2. The largest absolute Gasteiger partial charge is 0.490 e. The standard InChI is InChI=1S/C15H24O2/c1-10(2)14-7-6-11(3)15(9-14)17-13(5)8-12(4)16/h6-7,9-10,12-13,16H,8H2,1-5H3. The quantitative estimate of drug-likeness (QED) is 0.845. The van der Waals surface area contributed by atoms with Crippen molar-refractivity contribution in [1.29, 1.82) is 0 Å². The van der Waals surface area contributed by atoms with Crippen molar-refractivity contribution in [3.8, 4) is 5.75 Å². The van der Waals surface area contributed by atoms with E-state index in [2.05, 4.69) is 39.0 Å². The lowest BCUT2D eigenvalue weighted by Crippen LogP contribution is -2.18. The summed E-state index contributed by atoms with van der Waals surface area (Å²) in [4.78, 5) is 0. The minimum Gasteiger partial charge on any atom is -0.490 e. The Labute approximate surface area is 105 Å². The Hall–Kier alpha value is -1.02. The third-order valence-electron chi connectivity index (χ3n) is 2.88. The van der Waals surface area contributed by atoms with E-state index in [9.17, 15) is 5.11 Å². The molecule has 0 aliphatic carbocycles. The summed E-state index contributed by atoms with van der Waals surface area (Å²) in [6, 6.07) is 6.35. The number of benzene rings is 1. The fraction of sp³-hybridized carbons (Fsp3) is 0.600. The number of aryl methyl sites for hydroxylation is 1. The molecule has 2 unspecified atom stereocenters. The lowest BCUT2D eigenvalue weighted by atomic mass is 10.0. The molecule has 0 amide bonds. The second-order valence-corrected chi connectivity index (χ2v) is 5.19. The van der Waals surface area contributed by atoms with E-state index >= 15 is 0 Å². The molecule has 0 aromatic heterocycles. The minimum absolute atomic E-state index is 0.0381. The van der Waals surface area contributed by atoms with Crippen LogP contribution in [0.2, 0.25) is 0 Å². The van der Waals surface area contributed by atoms with E-state index in [0.717, 1.165) is 11.3 Å². The predicted molar refractivity (Wildman–Crippen MR) is 71.7 cm³/mol. The van der Waals surface area contributed by atoms with Crippen LogP contribution in [0.4, 0.5) is 0 Å². The summed E-state index contributed by atoms with van der Waals surface area (Å²) < 4.78 is 5.89. The van der Waals surface area contributed by atoms with Gasteiger partial charge in [-0.05, 0) is 43.9 Å². The molecule has 0 aliphatic rings. The van der Waals surface area contributed by atoms with Crippen LogP contribution in [-0.4, -0.2) is 17.3 Å². The molecule has 0 fully saturated rings. The highest BCUT2D eigenvalue weighted by Gasteiger charge is 2.10. The summed E-state index contributed by atoms with van der Waals surface area (Å²) >= 11 is 0. The zero-order chi connectivity index (χ0) is 13.0. The molecule has 2 heteroatoms. The van der Waals surface area contributed by atoms with Gasteiger partial charge in [0, 0.05) is 6.42 Å². The topological polar surface area (TPSA) is 29.5 Å². The van der Waals surface area contributed by atoms with Crippen molar-refractivity contribution in [2.24, 2.45) is 0 Å². The normalized spacial score (nSPS) is 14.8. The van der Waals surface area contributed by atoms with Crippen LogP contribution in [-0.2, 0) is 0 Å². The van der Waals surface area contributed by atoms with Crippen LogP contribution in [0.5, 0.6) is 5.75 Å². The van der Waals surface area contributed by atoms with Crippen molar-refractivity contribution < 1.29 is 9.84 Å². The van der Waals surface area contributed by atoms with Gasteiger partial charge in [0.25, 0.3) is 0 Å². The van der Waals surface area contributed by atoms with Crippen LogP contribution in [0.3, 0.4) is 0 Å². The van der Waals surface area contributed by atoms with Crippen molar-refractivity contribution >= 4 is 0 Å². The average Bonchev–Trinajstić information content (AvgIpc) is 2.19. The third-order valence-corrected chi connectivity index (χ3v) is 2.88. The molecule has 0 radical (unpaired) electrons. The fourth-order valence-electron chi connectivity index (χ4n) is 1.85. The monoisotopic (exact) mass is 236 g/mol. The van der Waals surface area contributed by atoms with Crippen molar-refractivity contribution in [2.75, 3.05) is 0 Å². The van der Waals surface area contributed by atoms with Gasteiger partial charge in [-0.25, -0.2) is 0 Å². The maximum absolute atomic E-state index is 9.33. The lowest BCUT2D eigenvalue weighted by Gasteiger charge is -2.19. The van der Waals surface area contributed by atoms with E-state index in [1.807, 2.05) is 6.92 Å². The molecule has 2 nitrogen and oxygen atoms in total. The number of aliphatic hydroxyl groups excluding tert-OH is 1. The molecule has 17 heavy (non-hydrogen) atoms. The molecule has 2 atom stereocenters. The first-order valence-corrected chi connectivity index (χ1v) is 6.35. The molecular formula is C15H24O2. The van der Waals surface area contributed by atoms with E-state index in [1.54, 1.807) is 6.92 Å². The molecule has 0 saturated carbocycles. The number of hydrogen-bond donors (Lipinski definition) is 1. The summed E-state index contributed by atoms with van der Waals surface area (Å²) in [6.07, 6.45) is 0.375. The highest BCUT2D eigenvalue weighted by atomic mass is 16.5. The van der Waals surface area contributed by atoms with Crippen LogP contribution in [0.15, 0.2) is 18.2 Å². The second kappa shape index (κ2) is 6.06. The first kappa shape index (κ1) is 14.0. The molecule has 0 bridgehead atoms. The van der Waals surface area contributed by atoms with Gasteiger partial charge >= 0.3 is 0 Å². The molecule has 0 saturated heterocycles. The molecule has 0 heterocycles. The Morgan fingerprint density at radius 2 is 1.82 bits per heavy atom. The van der Waals surface area contributed by atoms with Gasteiger partial charge in [0.2, 0.25) is 0 Å². The van der Waals surface area contributed by atoms with Crippen molar-refractivity contribution in [3.63, 3.8) is 0 Å². The molecule has 1 rings (SSSR count). The second-order valence-electron chi connectivity index (χ2n) is 5.19. The number of ether oxygens (including phenoxy) is 1. The molecule has 0 spiro atoms. The predicted octanol–water partition coefficient (Wildman–Crippen LogP) is 3.66. The van der Waals surface area contributed by atoms with Gasteiger partial charge < -0.3 is 9.84 Å². The average molecular weight is 236 g/mol. The van der Waals surface area contributed by atoms with E-state index in [0.29, 0.717) is 12.3 Å². The van der Waals surface area contributed by atoms with Crippen LogP contribution >= 0.6 is 0 Å². The van der Waals surface area contributed by atoms with Crippen molar-refractivity contribution in [3.05, 3.63) is 29.3 Å². The maximum Gasteiger partial charge on any atom is 0.122 e. The van der Waals surface area contributed by atoms with Gasteiger partial charge in [-0.3, -0.25) is 0 Å². The van der Waals surface area contributed by atoms with E-state index in [4.69, 9.17) is 4.74 Å². The van der Waals surface area contributed by atoms with Crippen molar-refractivity contribution in [1.82, 2.24) is 0 Å². The van der Waals surface area contributed by atoms with Gasteiger partial charge in [0.05, 0.1) is 12.2 Å². The van der Waals surface area contributed by atoms with Crippen molar-refractivity contribution in [2.45, 2.75) is 59.2 Å². The Morgan fingerprint density at radius 1 is 1.18 bits per heavy atom. The SMILES string of the molecule is Cc1ccc(C(C)C)cc1OC(C)CC(C)O. The lowest BCUT2D eigenvalue weighted by molar-refractivity contribution is 0.115. The highest BCUT2D eigenvalue weighted by Crippen LogP contribution is 2.25. The van der Waals surface area contributed by atoms with Crippen LogP contribution in [0.25, 0.3) is 0 Å². The summed E-state index contributed by atoms with van der Waals surface area (Å²) in [5.74, 6) is 1.44. The third kappa shape index (κ3) is 4.39. The first-order chi connectivity index (χ1) is 7.90. The summed E-state index contributed by atoms with van der Waals surface area (Å²) in [5.41, 5.74) is 2.43. The van der Waals surface area contributed by atoms with Gasteiger partial charge in [-0.15, -0.1) is 0 Å². The molecule has 1 aromatic rings. The Kier molecular flexibility index (Phi) is 5.01. The van der Waals surface area contributed by atoms with E-state index < -0.39 is 0 Å². The summed E-state index contributed by atoms with van der Waals surface area (Å²) in [5, 5.41) is 9.33. The molecule has 1 aromatic carbocycles. The fourth-order valence-corrected chi connectivity index (χ4v) is 1.85. The zero-order valence-electron chi connectivity index (χ0n) is 11.5. The molecular weight excluding hydrogens is 212 g/mol. The van der Waals surface area contributed by atoms with Gasteiger partial charge in [-0.2, -0.15) is 0 Å². The number of hydrogen-bond acceptors (Lipinski definition) is 2. The van der Waals surface area contributed by atoms with Crippen LogP contribution < -0.4 is 4.74 Å². The molecule has 1 N–H and O–H groups in total.